The highest BCUT2D eigenvalue weighted by Gasteiger charge is 2.27. The van der Waals surface area contributed by atoms with E-state index in [1.165, 1.54) is 17.1 Å². The van der Waals surface area contributed by atoms with Crippen molar-refractivity contribution in [3.05, 3.63) is 47.5 Å². The minimum atomic E-state index is -0.630. The van der Waals surface area contributed by atoms with Gasteiger partial charge in [-0.05, 0) is 38.2 Å². The number of unbranched alkanes of at least 4 members (excludes halogenated alkanes) is 2. The molecule has 0 bridgehead atoms. The molecule has 7 nitrogen and oxygen atoms in total. The normalized spacial score (nSPS) is 15.0. The van der Waals surface area contributed by atoms with E-state index in [9.17, 15) is 24.0 Å². The SMILES string of the molecule is Cc1cccc(CC(=O)[C@H](C)NC(=O)[C@@H](CC(=O)CCCCCN2C(=O)C=CC2=O)C(C)C)c1. The van der Waals surface area contributed by atoms with Crippen molar-refractivity contribution in [2.24, 2.45) is 11.8 Å². The number of imide groups is 1. The number of rotatable bonds is 14. The molecule has 1 aliphatic rings. The molecule has 3 amide bonds. The second kappa shape index (κ2) is 13.0. The van der Waals surface area contributed by atoms with Gasteiger partial charge in [0.05, 0.1) is 6.04 Å². The van der Waals surface area contributed by atoms with E-state index in [2.05, 4.69) is 5.32 Å². The molecular weight excluding hydrogens is 432 g/mol. The van der Waals surface area contributed by atoms with Crippen LogP contribution in [0.3, 0.4) is 0 Å². The van der Waals surface area contributed by atoms with Crippen LogP contribution in [0.4, 0.5) is 0 Å². The maximum atomic E-state index is 12.8. The van der Waals surface area contributed by atoms with Gasteiger partial charge in [-0.2, -0.15) is 0 Å². The van der Waals surface area contributed by atoms with Gasteiger partial charge in [0.15, 0.2) is 5.78 Å². The number of carbonyl (C=O) groups excluding carboxylic acids is 5. The van der Waals surface area contributed by atoms with Crippen LogP contribution in [0.2, 0.25) is 0 Å². The second-order valence-corrected chi connectivity index (χ2v) is 9.43. The van der Waals surface area contributed by atoms with E-state index in [-0.39, 0.29) is 48.0 Å². The number of ketones is 2. The first-order valence-corrected chi connectivity index (χ1v) is 12.0. The van der Waals surface area contributed by atoms with Gasteiger partial charge in [-0.3, -0.25) is 28.9 Å². The molecule has 0 fully saturated rings. The lowest BCUT2D eigenvalue weighted by Gasteiger charge is -2.22. The van der Waals surface area contributed by atoms with Crippen molar-refractivity contribution in [3.63, 3.8) is 0 Å². The Kier molecular flexibility index (Phi) is 10.4. The molecule has 34 heavy (non-hydrogen) atoms. The Morgan fingerprint density at radius 1 is 0.971 bits per heavy atom. The Hall–Kier alpha value is -3.09. The second-order valence-electron chi connectivity index (χ2n) is 9.43. The molecule has 1 N–H and O–H groups in total. The summed E-state index contributed by atoms with van der Waals surface area (Å²) in [7, 11) is 0. The van der Waals surface area contributed by atoms with Gasteiger partial charge in [0, 0.05) is 43.9 Å². The highest BCUT2D eigenvalue weighted by molar-refractivity contribution is 6.12. The fourth-order valence-corrected chi connectivity index (χ4v) is 3.98. The molecule has 1 aliphatic heterocycles. The Balaban J connectivity index is 1.75. The number of hydrogen-bond donors (Lipinski definition) is 1. The van der Waals surface area contributed by atoms with Crippen molar-refractivity contribution >= 4 is 29.3 Å². The van der Waals surface area contributed by atoms with Crippen molar-refractivity contribution < 1.29 is 24.0 Å². The van der Waals surface area contributed by atoms with Gasteiger partial charge >= 0.3 is 0 Å². The van der Waals surface area contributed by atoms with E-state index in [1.54, 1.807) is 6.92 Å². The number of nitrogens with zero attached hydrogens (tertiary/aromatic N) is 1. The molecule has 0 unspecified atom stereocenters. The van der Waals surface area contributed by atoms with Gasteiger partial charge in [0.1, 0.15) is 5.78 Å². The van der Waals surface area contributed by atoms with Crippen LogP contribution in [0.15, 0.2) is 36.4 Å². The minimum Gasteiger partial charge on any atom is -0.346 e. The van der Waals surface area contributed by atoms with Crippen LogP contribution < -0.4 is 5.32 Å². The third kappa shape index (κ3) is 8.36. The van der Waals surface area contributed by atoms with Crippen LogP contribution in [0.1, 0.15) is 64.0 Å². The first-order chi connectivity index (χ1) is 16.1. The smallest absolute Gasteiger partial charge is 0.253 e. The molecule has 0 aliphatic carbocycles. The van der Waals surface area contributed by atoms with E-state index in [4.69, 9.17) is 0 Å². The van der Waals surface area contributed by atoms with Crippen molar-refractivity contribution in [2.75, 3.05) is 6.54 Å². The fourth-order valence-electron chi connectivity index (χ4n) is 3.98. The molecule has 0 radical (unpaired) electrons. The largest absolute Gasteiger partial charge is 0.346 e. The lowest BCUT2D eigenvalue weighted by atomic mass is 9.88. The van der Waals surface area contributed by atoms with Crippen molar-refractivity contribution in [3.8, 4) is 0 Å². The highest BCUT2D eigenvalue weighted by atomic mass is 16.2. The first-order valence-electron chi connectivity index (χ1n) is 12.0. The number of amides is 3. The summed E-state index contributed by atoms with van der Waals surface area (Å²) < 4.78 is 0. The monoisotopic (exact) mass is 468 g/mol. The Labute approximate surface area is 202 Å². The third-order valence-electron chi connectivity index (χ3n) is 6.13. The van der Waals surface area contributed by atoms with E-state index in [0.29, 0.717) is 32.2 Å². The lowest BCUT2D eigenvalue weighted by molar-refractivity contribution is -0.137. The van der Waals surface area contributed by atoms with Gasteiger partial charge in [-0.15, -0.1) is 0 Å². The van der Waals surface area contributed by atoms with Gasteiger partial charge in [-0.25, -0.2) is 0 Å². The molecule has 1 aromatic rings. The number of hydrogen-bond acceptors (Lipinski definition) is 5. The summed E-state index contributed by atoms with van der Waals surface area (Å²) in [6, 6.07) is 7.10. The quantitative estimate of drug-likeness (QED) is 0.333. The van der Waals surface area contributed by atoms with E-state index in [0.717, 1.165) is 11.1 Å². The molecule has 1 aromatic carbocycles. The average molecular weight is 469 g/mol. The van der Waals surface area contributed by atoms with Crippen LogP contribution in [-0.4, -0.2) is 46.8 Å². The third-order valence-corrected chi connectivity index (χ3v) is 6.13. The van der Waals surface area contributed by atoms with E-state index < -0.39 is 12.0 Å². The molecule has 2 atom stereocenters. The van der Waals surface area contributed by atoms with E-state index in [1.807, 2.05) is 45.0 Å². The van der Waals surface area contributed by atoms with Gasteiger partial charge in [0.25, 0.3) is 11.8 Å². The van der Waals surface area contributed by atoms with Crippen molar-refractivity contribution in [2.45, 2.75) is 72.3 Å². The summed E-state index contributed by atoms with van der Waals surface area (Å²) in [6.45, 7) is 7.80. The summed E-state index contributed by atoms with van der Waals surface area (Å²) in [5.41, 5.74) is 1.99. The number of nitrogens with one attached hydrogen (secondary N) is 1. The maximum absolute atomic E-state index is 12.8. The van der Waals surface area contributed by atoms with Gasteiger partial charge < -0.3 is 5.32 Å². The molecule has 1 heterocycles. The zero-order valence-electron chi connectivity index (χ0n) is 20.6. The standard InChI is InChI=1S/C27H36N2O5/c1-18(2)23(17-22(30)11-6-5-7-14-29-25(32)12-13-26(29)33)27(34)28-20(4)24(31)16-21-10-8-9-19(3)15-21/h8-10,12-13,15,18,20,23H,5-7,11,14,16-17H2,1-4H3,(H,28,34)/t20-,23-/m0/s1. The average Bonchev–Trinajstić information content (AvgIpc) is 3.08. The van der Waals surface area contributed by atoms with Crippen LogP contribution in [0, 0.1) is 18.8 Å². The molecule has 0 spiro atoms. The molecule has 184 valence electrons. The summed E-state index contributed by atoms with van der Waals surface area (Å²) in [6.07, 6.45) is 5.25. The molecule has 0 aromatic heterocycles. The lowest BCUT2D eigenvalue weighted by Crippen LogP contribution is -2.44. The minimum absolute atomic E-state index is 0.00239. The Bertz CT molecular complexity index is 932. The molecular formula is C27H36N2O5. The number of Topliss-reactive ketones (excluding diaryl/α,β-unsaturated/α-hetero) is 2. The summed E-state index contributed by atoms with van der Waals surface area (Å²) in [5, 5.41) is 2.80. The topological polar surface area (TPSA) is 101 Å². The molecule has 0 saturated heterocycles. The zero-order valence-corrected chi connectivity index (χ0v) is 20.6. The summed E-state index contributed by atoms with van der Waals surface area (Å²) in [4.78, 5) is 62.2. The Morgan fingerprint density at radius 2 is 1.65 bits per heavy atom. The van der Waals surface area contributed by atoms with Crippen molar-refractivity contribution in [1.29, 1.82) is 0 Å². The van der Waals surface area contributed by atoms with E-state index >= 15 is 0 Å². The molecule has 7 heteroatoms. The highest BCUT2D eigenvalue weighted by Crippen LogP contribution is 2.19. The predicted molar refractivity (Wildman–Crippen MR) is 130 cm³/mol. The van der Waals surface area contributed by atoms with Crippen molar-refractivity contribution in [1.82, 2.24) is 10.2 Å². The number of aryl methyl sites for hydroxylation is 1. The van der Waals surface area contributed by atoms with Gasteiger partial charge in [-0.1, -0.05) is 50.1 Å². The van der Waals surface area contributed by atoms with Crippen LogP contribution in [-0.2, 0) is 30.4 Å². The summed E-state index contributed by atoms with van der Waals surface area (Å²) >= 11 is 0. The molecule has 0 saturated carbocycles. The molecule has 2 rings (SSSR count). The van der Waals surface area contributed by atoms with Gasteiger partial charge in [0.2, 0.25) is 5.91 Å². The number of benzene rings is 1. The van der Waals surface area contributed by atoms with Crippen LogP contribution in [0.5, 0.6) is 0 Å². The fraction of sp³-hybridized carbons (Fsp3) is 0.519. The number of carbonyl (C=O) groups is 5. The zero-order chi connectivity index (χ0) is 25.3. The van der Waals surface area contributed by atoms with Crippen LogP contribution in [0.25, 0.3) is 0 Å². The predicted octanol–water partition coefficient (Wildman–Crippen LogP) is 3.33. The first kappa shape index (κ1) is 27.2. The Morgan fingerprint density at radius 3 is 2.26 bits per heavy atom. The maximum Gasteiger partial charge on any atom is 0.253 e. The van der Waals surface area contributed by atoms with Crippen LogP contribution >= 0.6 is 0 Å². The summed E-state index contributed by atoms with van der Waals surface area (Å²) in [5.74, 6) is -1.46.